The summed E-state index contributed by atoms with van der Waals surface area (Å²) in [5.74, 6) is 0. The summed E-state index contributed by atoms with van der Waals surface area (Å²) < 4.78 is 25.2. The van der Waals surface area contributed by atoms with Crippen molar-refractivity contribution in [1.29, 1.82) is 0 Å². The Labute approximate surface area is 112 Å². The van der Waals surface area contributed by atoms with Gasteiger partial charge in [-0.1, -0.05) is 23.7 Å². The summed E-state index contributed by atoms with van der Waals surface area (Å²) >= 11 is 6.02. The van der Waals surface area contributed by atoms with Gasteiger partial charge in [-0.2, -0.15) is 0 Å². The SMILES string of the molecule is O=S(=O)(c1ccccc1Cl)C1C[C@H]2CC[C@@H](C1)N2. The lowest BCUT2D eigenvalue weighted by molar-refractivity contribution is 0.401. The first-order valence-corrected chi connectivity index (χ1v) is 8.24. The number of hydrogen-bond acceptors (Lipinski definition) is 3. The zero-order valence-electron chi connectivity index (χ0n) is 9.97. The maximum Gasteiger partial charge on any atom is 0.182 e. The van der Waals surface area contributed by atoms with Crippen LogP contribution in [0.3, 0.4) is 0 Å². The van der Waals surface area contributed by atoms with Crippen LogP contribution in [0, 0.1) is 0 Å². The number of sulfone groups is 1. The van der Waals surface area contributed by atoms with Gasteiger partial charge in [0, 0.05) is 12.1 Å². The first kappa shape index (κ1) is 12.5. The largest absolute Gasteiger partial charge is 0.311 e. The highest BCUT2D eigenvalue weighted by Crippen LogP contribution is 2.35. The Hall–Kier alpha value is -0.580. The van der Waals surface area contributed by atoms with E-state index in [0.29, 0.717) is 29.9 Å². The minimum absolute atomic E-state index is 0.281. The van der Waals surface area contributed by atoms with Crippen molar-refractivity contribution in [3.8, 4) is 0 Å². The van der Waals surface area contributed by atoms with Crippen LogP contribution in [-0.2, 0) is 9.84 Å². The van der Waals surface area contributed by atoms with E-state index < -0.39 is 9.84 Å². The molecule has 18 heavy (non-hydrogen) atoms. The van der Waals surface area contributed by atoms with Crippen molar-refractivity contribution in [2.24, 2.45) is 0 Å². The smallest absolute Gasteiger partial charge is 0.182 e. The normalized spacial score (nSPS) is 31.5. The zero-order valence-corrected chi connectivity index (χ0v) is 11.5. The Balaban J connectivity index is 1.94. The minimum atomic E-state index is -3.29. The molecule has 98 valence electrons. The van der Waals surface area contributed by atoms with Gasteiger partial charge in [-0.15, -0.1) is 0 Å². The molecule has 2 bridgehead atoms. The van der Waals surface area contributed by atoms with Gasteiger partial charge >= 0.3 is 0 Å². The lowest BCUT2D eigenvalue weighted by Gasteiger charge is -2.29. The maximum absolute atomic E-state index is 12.6. The Morgan fingerprint density at radius 3 is 2.33 bits per heavy atom. The summed E-state index contributed by atoms with van der Waals surface area (Å²) in [6, 6.07) is 7.48. The minimum Gasteiger partial charge on any atom is -0.311 e. The number of benzene rings is 1. The summed E-state index contributed by atoms with van der Waals surface area (Å²) in [5, 5.41) is 3.52. The number of piperidine rings is 1. The standard InChI is InChI=1S/C13H16ClNO2S/c14-12-3-1-2-4-13(12)18(16,17)11-7-9-5-6-10(8-11)15-9/h1-4,9-11,15H,5-8H2/t9-,10+,11?. The molecule has 1 unspecified atom stereocenters. The molecule has 0 aromatic heterocycles. The van der Waals surface area contributed by atoms with Crippen LogP contribution < -0.4 is 5.32 Å². The molecule has 1 N–H and O–H groups in total. The van der Waals surface area contributed by atoms with Gasteiger partial charge in [0.1, 0.15) is 0 Å². The molecule has 3 nitrogen and oxygen atoms in total. The van der Waals surface area contributed by atoms with Gasteiger partial charge < -0.3 is 5.32 Å². The van der Waals surface area contributed by atoms with E-state index in [4.69, 9.17) is 11.6 Å². The Morgan fingerprint density at radius 1 is 1.11 bits per heavy atom. The number of fused-ring (bicyclic) bond motifs is 2. The van der Waals surface area contributed by atoms with E-state index in [1.807, 2.05) is 0 Å². The zero-order chi connectivity index (χ0) is 12.8. The fourth-order valence-electron chi connectivity index (χ4n) is 3.11. The van der Waals surface area contributed by atoms with Crippen molar-refractivity contribution in [3.05, 3.63) is 29.3 Å². The van der Waals surface area contributed by atoms with Crippen molar-refractivity contribution in [2.75, 3.05) is 0 Å². The fraction of sp³-hybridized carbons (Fsp3) is 0.538. The molecule has 5 heteroatoms. The molecule has 0 radical (unpaired) electrons. The van der Waals surface area contributed by atoms with E-state index in [0.717, 1.165) is 12.8 Å². The van der Waals surface area contributed by atoms with Crippen LogP contribution in [0.2, 0.25) is 5.02 Å². The van der Waals surface area contributed by atoms with Crippen LogP contribution in [-0.4, -0.2) is 25.8 Å². The molecule has 0 saturated carbocycles. The van der Waals surface area contributed by atoms with E-state index in [2.05, 4.69) is 5.32 Å². The molecule has 0 spiro atoms. The van der Waals surface area contributed by atoms with E-state index in [-0.39, 0.29) is 10.1 Å². The summed E-state index contributed by atoms with van der Waals surface area (Å²) in [6.07, 6.45) is 3.62. The van der Waals surface area contributed by atoms with Crippen molar-refractivity contribution in [3.63, 3.8) is 0 Å². The molecule has 3 atom stereocenters. The van der Waals surface area contributed by atoms with Gasteiger partial charge in [0.15, 0.2) is 9.84 Å². The molecule has 3 rings (SSSR count). The Bertz CT molecular complexity index is 546. The van der Waals surface area contributed by atoms with Crippen molar-refractivity contribution < 1.29 is 8.42 Å². The molecule has 2 aliphatic heterocycles. The van der Waals surface area contributed by atoms with Gasteiger partial charge in [-0.3, -0.25) is 0 Å². The molecule has 1 aromatic rings. The van der Waals surface area contributed by atoms with Gasteiger partial charge in [0.2, 0.25) is 0 Å². The molecule has 0 amide bonds. The second-order valence-corrected chi connectivity index (χ2v) is 7.81. The number of nitrogens with one attached hydrogen (secondary N) is 1. The summed E-state index contributed by atoms with van der Waals surface area (Å²) in [7, 11) is -3.29. The van der Waals surface area contributed by atoms with Gasteiger partial charge in [0.05, 0.1) is 15.2 Å². The second kappa shape index (κ2) is 4.51. The van der Waals surface area contributed by atoms with Crippen LogP contribution in [0.4, 0.5) is 0 Å². The Kier molecular flexibility index (Phi) is 3.12. The van der Waals surface area contributed by atoms with Crippen LogP contribution in [0.5, 0.6) is 0 Å². The fourth-order valence-corrected chi connectivity index (χ4v) is 5.51. The third kappa shape index (κ3) is 2.06. The maximum atomic E-state index is 12.6. The Morgan fingerprint density at radius 2 is 1.72 bits per heavy atom. The summed E-state index contributed by atoms with van der Waals surface area (Å²) in [6.45, 7) is 0. The van der Waals surface area contributed by atoms with Crippen molar-refractivity contribution in [2.45, 2.75) is 47.9 Å². The molecule has 0 aliphatic carbocycles. The highest BCUT2D eigenvalue weighted by Gasteiger charge is 2.40. The van der Waals surface area contributed by atoms with Crippen LogP contribution >= 0.6 is 11.6 Å². The first-order valence-electron chi connectivity index (χ1n) is 6.32. The van der Waals surface area contributed by atoms with E-state index in [9.17, 15) is 8.42 Å². The molecular weight excluding hydrogens is 270 g/mol. The van der Waals surface area contributed by atoms with Crippen LogP contribution in [0.25, 0.3) is 0 Å². The quantitative estimate of drug-likeness (QED) is 0.908. The topological polar surface area (TPSA) is 46.2 Å². The van der Waals surface area contributed by atoms with E-state index >= 15 is 0 Å². The molecule has 2 fully saturated rings. The number of rotatable bonds is 2. The number of halogens is 1. The summed E-state index contributed by atoms with van der Waals surface area (Å²) in [5.41, 5.74) is 0. The van der Waals surface area contributed by atoms with Gasteiger partial charge in [-0.05, 0) is 37.8 Å². The monoisotopic (exact) mass is 285 g/mol. The lowest BCUT2D eigenvalue weighted by atomic mass is 10.1. The predicted octanol–water partition coefficient (Wildman–Crippen LogP) is 2.40. The van der Waals surface area contributed by atoms with E-state index in [1.54, 1.807) is 24.3 Å². The molecule has 2 saturated heterocycles. The second-order valence-electron chi connectivity index (χ2n) is 5.21. The molecule has 1 aromatic carbocycles. The molecule has 2 heterocycles. The van der Waals surface area contributed by atoms with Crippen LogP contribution in [0.1, 0.15) is 25.7 Å². The molecular formula is C13H16ClNO2S. The average Bonchev–Trinajstić information content (AvgIpc) is 2.68. The van der Waals surface area contributed by atoms with Gasteiger partial charge in [-0.25, -0.2) is 8.42 Å². The first-order chi connectivity index (χ1) is 8.57. The molecule has 2 aliphatic rings. The average molecular weight is 286 g/mol. The third-order valence-electron chi connectivity index (χ3n) is 4.01. The third-order valence-corrected chi connectivity index (χ3v) is 6.69. The predicted molar refractivity (Wildman–Crippen MR) is 71.6 cm³/mol. The summed E-state index contributed by atoms with van der Waals surface area (Å²) in [4.78, 5) is 0.290. The highest BCUT2D eigenvalue weighted by molar-refractivity contribution is 7.92. The van der Waals surface area contributed by atoms with Crippen molar-refractivity contribution in [1.82, 2.24) is 5.32 Å². The lowest BCUT2D eigenvalue weighted by Crippen LogP contribution is -2.43. The van der Waals surface area contributed by atoms with Crippen molar-refractivity contribution >= 4 is 21.4 Å². The van der Waals surface area contributed by atoms with Gasteiger partial charge in [0.25, 0.3) is 0 Å². The number of hydrogen-bond donors (Lipinski definition) is 1. The van der Waals surface area contributed by atoms with E-state index in [1.165, 1.54) is 0 Å². The highest BCUT2D eigenvalue weighted by atomic mass is 35.5. The van der Waals surface area contributed by atoms with Crippen LogP contribution in [0.15, 0.2) is 29.2 Å².